The Morgan fingerprint density at radius 2 is 1.67 bits per heavy atom. The van der Waals surface area contributed by atoms with E-state index >= 15 is 0 Å². The van der Waals surface area contributed by atoms with Gasteiger partial charge in [0.25, 0.3) is 0 Å². The largest absolute Gasteiger partial charge is 0.493 e. The first-order valence-electron chi connectivity index (χ1n) is 8.27. The molecule has 0 aliphatic carbocycles. The van der Waals surface area contributed by atoms with Crippen molar-refractivity contribution in [2.24, 2.45) is 0 Å². The van der Waals surface area contributed by atoms with Crippen LogP contribution in [0.2, 0.25) is 0 Å². The Hall–Kier alpha value is -2.04. The predicted molar refractivity (Wildman–Crippen MR) is 96.8 cm³/mol. The molecule has 2 aromatic rings. The number of nitrogens with one attached hydrogen (secondary N) is 1. The van der Waals surface area contributed by atoms with E-state index in [1.165, 1.54) is 5.56 Å². The summed E-state index contributed by atoms with van der Waals surface area (Å²) in [6.07, 6.45) is 1.02. The van der Waals surface area contributed by atoms with E-state index in [4.69, 9.17) is 9.47 Å². The van der Waals surface area contributed by atoms with E-state index in [9.17, 15) is 5.11 Å². The molecule has 2 N–H and O–H groups in total. The quantitative estimate of drug-likeness (QED) is 0.779. The first-order chi connectivity index (χ1) is 11.6. The van der Waals surface area contributed by atoms with Crippen molar-refractivity contribution in [1.29, 1.82) is 0 Å². The van der Waals surface area contributed by atoms with Crippen molar-refractivity contribution in [2.45, 2.75) is 32.9 Å². The molecule has 0 aliphatic rings. The van der Waals surface area contributed by atoms with Crippen LogP contribution in [0.15, 0.2) is 36.4 Å². The first kappa shape index (κ1) is 18.3. The highest BCUT2D eigenvalue weighted by Gasteiger charge is 2.13. The number of rotatable bonds is 8. The van der Waals surface area contributed by atoms with E-state index in [0.29, 0.717) is 12.3 Å². The van der Waals surface area contributed by atoms with Crippen LogP contribution >= 0.6 is 0 Å². The highest BCUT2D eigenvalue weighted by atomic mass is 16.5. The van der Waals surface area contributed by atoms with Crippen molar-refractivity contribution < 1.29 is 14.6 Å². The molecule has 2 rings (SSSR count). The molecule has 24 heavy (non-hydrogen) atoms. The molecule has 0 fully saturated rings. The van der Waals surface area contributed by atoms with Crippen LogP contribution < -0.4 is 14.8 Å². The van der Waals surface area contributed by atoms with Crippen LogP contribution in [0.5, 0.6) is 11.5 Å². The Kier molecular flexibility index (Phi) is 6.64. The number of aliphatic hydroxyl groups is 1. The zero-order chi connectivity index (χ0) is 17.5. The molecule has 0 amide bonds. The van der Waals surface area contributed by atoms with Gasteiger partial charge in [0.1, 0.15) is 0 Å². The molecule has 0 saturated heterocycles. The molecule has 0 saturated carbocycles. The van der Waals surface area contributed by atoms with Crippen LogP contribution in [-0.4, -0.2) is 25.9 Å². The van der Waals surface area contributed by atoms with E-state index in [1.54, 1.807) is 14.2 Å². The molecule has 0 aromatic heterocycles. The molecule has 0 heterocycles. The fourth-order valence-electron chi connectivity index (χ4n) is 2.72. The topological polar surface area (TPSA) is 50.7 Å². The third-order valence-electron chi connectivity index (χ3n) is 4.35. The van der Waals surface area contributed by atoms with E-state index in [2.05, 4.69) is 36.5 Å². The van der Waals surface area contributed by atoms with Crippen LogP contribution in [-0.2, 0) is 13.0 Å². The number of hydrogen-bond donors (Lipinski definition) is 2. The molecular weight excluding hydrogens is 302 g/mol. The van der Waals surface area contributed by atoms with Gasteiger partial charge < -0.3 is 19.9 Å². The monoisotopic (exact) mass is 329 g/mol. The smallest absolute Gasteiger partial charge is 0.161 e. The maximum atomic E-state index is 9.73. The number of methoxy groups -OCH3 is 2. The third kappa shape index (κ3) is 4.28. The van der Waals surface area contributed by atoms with Gasteiger partial charge in [-0.05, 0) is 47.7 Å². The van der Waals surface area contributed by atoms with Crippen molar-refractivity contribution in [2.75, 3.05) is 20.8 Å². The fraction of sp³-hybridized carbons (Fsp3) is 0.400. The van der Waals surface area contributed by atoms with Gasteiger partial charge in [0.15, 0.2) is 11.5 Å². The van der Waals surface area contributed by atoms with Gasteiger partial charge in [0.05, 0.1) is 26.9 Å². The summed E-state index contributed by atoms with van der Waals surface area (Å²) in [5.41, 5.74) is 4.63. The zero-order valence-electron chi connectivity index (χ0n) is 14.9. The standard InChI is InChI=1S/C20H27NO3/c1-5-15-6-8-16(9-7-15)18(13-22)21-12-17-11-20(24-4)19(23-3)10-14(17)2/h6-11,18,21-22H,5,12-13H2,1-4H3. The second-order valence-corrected chi connectivity index (χ2v) is 5.84. The van der Waals surface area contributed by atoms with Gasteiger partial charge in [-0.1, -0.05) is 31.2 Å². The number of aliphatic hydroxyl groups excluding tert-OH is 1. The molecule has 1 atom stereocenters. The van der Waals surface area contributed by atoms with Crippen LogP contribution in [0.3, 0.4) is 0 Å². The summed E-state index contributed by atoms with van der Waals surface area (Å²) in [5, 5.41) is 13.2. The van der Waals surface area contributed by atoms with Crippen LogP contribution in [0, 0.1) is 6.92 Å². The molecule has 0 aliphatic heterocycles. The van der Waals surface area contributed by atoms with Crippen molar-refractivity contribution >= 4 is 0 Å². The van der Waals surface area contributed by atoms with Gasteiger partial charge in [0.2, 0.25) is 0 Å². The second kappa shape index (κ2) is 8.71. The van der Waals surface area contributed by atoms with Crippen LogP contribution in [0.1, 0.15) is 35.2 Å². The lowest BCUT2D eigenvalue weighted by atomic mass is 10.0. The summed E-state index contributed by atoms with van der Waals surface area (Å²) in [4.78, 5) is 0. The van der Waals surface area contributed by atoms with E-state index < -0.39 is 0 Å². The lowest BCUT2D eigenvalue weighted by Gasteiger charge is -2.19. The van der Waals surface area contributed by atoms with Crippen molar-refractivity contribution in [3.8, 4) is 11.5 Å². The average molecular weight is 329 g/mol. The number of benzene rings is 2. The van der Waals surface area contributed by atoms with Crippen LogP contribution in [0.25, 0.3) is 0 Å². The Labute approximate surface area is 144 Å². The Morgan fingerprint density at radius 1 is 1.04 bits per heavy atom. The number of aryl methyl sites for hydroxylation is 2. The molecular formula is C20H27NO3. The van der Waals surface area contributed by atoms with Crippen molar-refractivity contribution in [3.63, 3.8) is 0 Å². The molecule has 0 bridgehead atoms. The summed E-state index contributed by atoms with van der Waals surface area (Å²) in [5.74, 6) is 1.44. The van der Waals surface area contributed by atoms with Gasteiger partial charge in [0, 0.05) is 6.54 Å². The summed E-state index contributed by atoms with van der Waals surface area (Å²) >= 11 is 0. The molecule has 4 heteroatoms. The normalized spacial score (nSPS) is 12.0. The number of hydrogen-bond acceptors (Lipinski definition) is 4. The van der Waals surface area contributed by atoms with Gasteiger partial charge in [-0.25, -0.2) is 0 Å². The van der Waals surface area contributed by atoms with Gasteiger partial charge >= 0.3 is 0 Å². The molecule has 0 spiro atoms. The third-order valence-corrected chi connectivity index (χ3v) is 4.35. The molecule has 4 nitrogen and oxygen atoms in total. The van der Waals surface area contributed by atoms with Crippen LogP contribution in [0.4, 0.5) is 0 Å². The minimum Gasteiger partial charge on any atom is -0.493 e. The van der Waals surface area contributed by atoms with E-state index in [0.717, 1.165) is 28.9 Å². The maximum absolute atomic E-state index is 9.73. The minimum absolute atomic E-state index is 0.0534. The molecule has 0 radical (unpaired) electrons. The van der Waals surface area contributed by atoms with E-state index in [-0.39, 0.29) is 12.6 Å². The Morgan fingerprint density at radius 3 is 2.21 bits per heavy atom. The Balaban J connectivity index is 2.12. The van der Waals surface area contributed by atoms with E-state index in [1.807, 2.05) is 19.1 Å². The molecule has 1 unspecified atom stereocenters. The summed E-state index contributed by atoms with van der Waals surface area (Å²) in [7, 11) is 3.27. The summed E-state index contributed by atoms with van der Waals surface area (Å²) in [6, 6.07) is 12.2. The maximum Gasteiger partial charge on any atom is 0.161 e. The fourth-order valence-corrected chi connectivity index (χ4v) is 2.72. The first-order valence-corrected chi connectivity index (χ1v) is 8.27. The lowest BCUT2D eigenvalue weighted by Crippen LogP contribution is -2.24. The lowest BCUT2D eigenvalue weighted by molar-refractivity contribution is 0.243. The second-order valence-electron chi connectivity index (χ2n) is 5.84. The average Bonchev–Trinajstić information content (AvgIpc) is 2.63. The molecule has 130 valence electrons. The number of ether oxygens (including phenoxy) is 2. The predicted octanol–water partition coefficient (Wildman–Crippen LogP) is 3.40. The summed E-state index contributed by atoms with van der Waals surface area (Å²) in [6.45, 7) is 4.88. The summed E-state index contributed by atoms with van der Waals surface area (Å²) < 4.78 is 10.7. The van der Waals surface area contributed by atoms with Crippen molar-refractivity contribution in [3.05, 3.63) is 58.7 Å². The van der Waals surface area contributed by atoms with Crippen molar-refractivity contribution in [1.82, 2.24) is 5.32 Å². The molecule has 2 aromatic carbocycles. The van der Waals surface area contributed by atoms with Gasteiger partial charge in [-0.2, -0.15) is 0 Å². The highest BCUT2D eigenvalue weighted by molar-refractivity contribution is 5.47. The van der Waals surface area contributed by atoms with Gasteiger partial charge in [-0.3, -0.25) is 0 Å². The minimum atomic E-state index is -0.0941. The SMILES string of the molecule is CCc1ccc(C(CO)NCc2cc(OC)c(OC)cc2C)cc1. The van der Waals surface area contributed by atoms with Gasteiger partial charge in [-0.15, -0.1) is 0 Å². The zero-order valence-corrected chi connectivity index (χ0v) is 14.9. The Bertz CT molecular complexity index is 653. The highest BCUT2D eigenvalue weighted by Crippen LogP contribution is 2.30.